The van der Waals surface area contributed by atoms with E-state index in [1.165, 1.54) is 17.7 Å². The van der Waals surface area contributed by atoms with Crippen molar-refractivity contribution in [2.24, 2.45) is 5.92 Å². The summed E-state index contributed by atoms with van der Waals surface area (Å²) in [6, 6.07) is 2.16. The van der Waals surface area contributed by atoms with Gasteiger partial charge in [0.25, 0.3) is 0 Å². The average molecular weight is 296 g/mol. The molecule has 102 valence electrons. The largest absolute Gasteiger partial charge is 0.369 e. The summed E-state index contributed by atoms with van der Waals surface area (Å²) in [4.78, 5) is 11.0. The van der Waals surface area contributed by atoms with Crippen molar-refractivity contribution in [1.29, 1.82) is 0 Å². The summed E-state index contributed by atoms with van der Waals surface area (Å²) >= 11 is 7.86. The first-order valence-electron chi connectivity index (χ1n) is 6.81. The quantitative estimate of drug-likeness (QED) is 0.862. The van der Waals surface area contributed by atoms with Crippen molar-refractivity contribution in [2.45, 2.75) is 38.0 Å². The number of aromatic nitrogens is 2. The molecule has 3 rings (SSSR count). The number of hydrogen-bond acceptors (Lipinski definition) is 4. The van der Waals surface area contributed by atoms with Crippen LogP contribution in [0.3, 0.4) is 0 Å². The van der Waals surface area contributed by atoms with E-state index in [9.17, 15) is 0 Å². The Morgan fingerprint density at radius 1 is 1.32 bits per heavy atom. The van der Waals surface area contributed by atoms with Crippen LogP contribution in [0.15, 0.2) is 12.4 Å². The van der Waals surface area contributed by atoms with Crippen LogP contribution in [0.4, 0.5) is 5.82 Å². The average Bonchev–Trinajstić information content (AvgIpc) is 2.79. The molecular formula is C14H18ClN3S. The van der Waals surface area contributed by atoms with Gasteiger partial charge in [-0.25, -0.2) is 9.97 Å². The summed E-state index contributed by atoms with van der Waals surface area (Å²) in [5.41, 5.74) is 0. The van der Waals surface area contributed by atoms with Crippen LogP contribution in [0.1, 0.15) is 30.6 Å². The highest BCUT2D eigenvalue weighted by molar-refractivity contribution is 7.18. The Morgan fingerprint density at radius 2 is 2.11 bits per heavy atom. The van der Waals surface area contributed by atoms with Gasteiger partial charge in [0.05, 0.1) is 5.39 Å². The first kappa shape index (κ1) is 13.1. The topological polar surface area (TPSA) is 37.8 Å². The standard InChI is InChI=1S/C14H18ClN3S/c1-9-6-12-13(17-8-18-14(12)19-9)16-7-10-2-4-11(15)5-3-10/h6,8,10-11H,2-5,7H2,1H3,(H,16,17,18). The lowest BCUT2D eigenvalue weighted by Gasteiger charge is -2.25. The van der Waals surface area contributed by atoms with E-state index in [-0.39, 0.29) is 0 Å². The second kappa shape index (κ2) is 5.63. The van der Waals surface area contributed by atoms with Crippen molar-refractivity contribution in [3.8, 4) is 0 Å². The van der Waals surface area contributed by atoms with E-state index < -0.39 is 0 Å². The molecule has 1 fully saturated rings. The zero-order chi connectivity index (χ0) is 13.2. The van der Waals surface area contributed by atoms with E-state index in [0.29, 0.717) is 5.38 Å². The maximum atomic E-state index is 6.14. The molecule has 0 amide bonds. The summed E-state index contributed by atoms with van der Waals surface area (Å²) < 4.78 is 0. The Morgan fingerprint density at radius 3 is 2.89 bits per heavy atom. The Bertz CT molecular complexity index is 561. The van der Waals surface area contributed by atoms with Gasteiger partial charge in [0.2, 0.25) is 0 Å². The lowest BCUT2D eigenvalue weighted by Crippen LogP contribution is -2.21. The molecule has 0 atom stereocenters. The van der Waals surface area contributed by atoms with E-state index in [1.807, 2.05) is 0 Å². The fraction of sp³-hybridized carbons (Fsp3) is 0.571. The van der Waals surface area contributed by atoms with Crippen LogP contribution >= 0.6 is 22.9 Å². The third-order valence-electron chi connectivity index (χ3n) is 3.79. The van der Waals surface area contributed by atoms with Gasteiger partial charge >= 0.3 is 0 Å². The number of anilines is 1. The molecule has 0 aromatic carbocycles. The van der Waals surface area contributed by atoms with Crippen molar-refractivity contribution in [2.75, 3.05) is 11.9 Å². The highest BCUT2D eigenvalue weighted by Gasteiger charge is 2.19. The fourth-order valence-corrected chi connectivity index (χ4v) is 3.78. The summed E-state index contributed by atoms with van der Waals surface area (Å²) in [5.74, 6) is 1.70. The Hall–Kier alpha value is -0.870. The molecule has 2 heterocycles. The van der Waals surface area contributed by atoms with E-state index in [4.69, 9.17) is 11.6 Å². The SMILES string of the molecule is Cc1cc2c(NCC3CCC(Cl)CC3)ncnc2s1. The minimum Gasteiger partial charge on any atom is -0.369 e. The van der Waals surface area contributed by atoms with Crippen LogP contribution in [-0.2, 0) is 0 Å². The molecule has 0 bridgehead atoms. The van der Waals surface area contributed by atoms with Crippen molar-refractivity contribution >= 4 is 39.0 Å². The zero-order valence-electron chi connectivity index (χ0n) is 11.0. The van der Waals surface area contributed by atoms with Gasteiger partial charge in [0.1, 0.15) is 17.0 Å². The first-order valence-corrected chi connectivity index (χ1v) is 8.07. The lowest BCUT2D eigenvalue weighted by molar-refractivity contribution is 0.378. The predicted molar refractivity (Wildman–Crippen MR) is 82.2 cm³/mol. The summed E-state index contributed by atoms with van der Waals surface area (Å²) in [6.45, 7) is 3.10. The van der Waals surface area contributed by atoms with Gasteiger partial charge in [0.15, 0.2) is 0 Å². The zero-order valence-corrected chi connectivity index (χ0v) is 12.6. The molecular weight excluding hydrogens is 278 g/mol. The molecule has 0 unspecified atom stereocenters. The number of rotatable bonds is 3. The molecule has 2 aromatic heterocycles. The summed E-state index contributed by atoms with van der Waals surface area (Å²) in [7, 11) is 0. The van der Waals surface area contributed by atoms with Crippen LogP contribution in [0.25, 0.3) is 10.2 Å². The molecule has 0 spiro atoms. The molecule has 19 heavy (non-hydrogen) atoms. The number of aryl methyl sites for hydroxylation is 1. The molecule has 1 N–H and O–H groups in total. The van der Waals surface area contributed by atoms with E-state index in [1.54, 1.807) is 17.7 Å². The second-order valence-electron chi connectivity index (χ2n) is 5.30. The summed E-state index contributed by atoms with van der Waals surface area (Å²) in [6.07, 6.45) is 6.38. The maximum absolute atomic E-state index is 6.14. The van der Waals surface area contributed by atoms with Gasteiger partial charge in [-0.2, -0.15) is 0 Å². The molecule has 1 saturated carbocycles. The number of nitrogens with one attached hydrogen (secondary N) is 1. The number of fused-ring (bicyclic) bond motifs is 1. The predicted octanol–water partition coefficient (Wildman–Crippen LogP) is 4.21. The molecule has 0 aliphatic heterocycles. The lowest BCUT2D eigenvalue weighted by atomic mass is 9.89. The van der Waals surface area contributed by atoms with Gasteiger partial charge in [-0.05, 0) is 44.6 Å². The van der Waals surface area contributed by atoms with Crippen LogP contribution in [-0.4, -0.2) is 21.9 Å². The Balaban J connectivity index is 1.68. The monoisotopic (exact) mass is 295 g/mol. The fourth-order valence-electron chi connectivity index (χ4n) is 2.68. The molecule has 1 aliphatic carbocycles. The first-order chi connectivity index (χ1) is 9.22. The molecule has 2 aromatic rings. The number of nitrogens with zero attached hydrogens (tertiary/aromatic N) is 2. The Labute approximate surface area is 122 Å². The van der Waals surface area contributed by atoms with Crippen molar-refractivity contribution in [1.82, 2.24) is 9.97 Å². The van der Waals surface area contributed by atoms with Crippen molar-refractivity contribution in [3.05, 3.63) is 17.3 Å². The number of thiophene rings is 1. The Kier molecular flexibility index (Phi) is 3.89. The number of hydrogen-bond donors (Lipinski definition) is 1. The molecule has 5 heteroatoms. The van der Waals surface area contributed by atoms with E-state index in [2.05, 4.69) is 28.3 Å². The van der Waals surface area contributed by atoms with Gasteiger partial charge in [-0.1, -0.05) is 0 Å². The van der Waals surface area contributed by atoms with Crippen LogP contribution in [0, 0.1) is 12.8 Å². The molecule has 0 radical (unpaired) electrons. The third kappa shape index (κ3) is 3.00. The maximum Gasteiger partial charge on any atom is 0.138 e. The van der Waals surface area contributed by atoms with Gasteiger partial charge < -0.3 is 5.32 Å². The van der Waals surface area contributed by atoms with Crippen molar-refractivity contribution < 1.29 is 0 Å². The minimum atomic E-state index is 0.390. The van der Waals surface area contributed by atoms with Crippen LogP contribution in [0.2, 0.25) is 0 Å². The minimum absolute atomic E-state index is 0.390. The van der Waals surface area contributed by atoms with Crippen molar-refractivity contribution in [3.63, 3.8) is 0 Å². The normalized spacial score (nSPS) is 23.7. The van der Waals surface area contributed by atoms with Gasteiger partial charge in [-0.3, -0.25) is 0 Å². The number of halogens is 1. The van der Waals surface area contributed by atoms with E-state index in [0.717, 1.165) is 41.3 Å². The van der Waals surface area contributed by atoms with Gasteiger partial charge in [-0.15, -0.1) is 22.9 Å². The van der Waals surface area contributed by atoms with Crippen LogP contribution in [0.5, 0.6) is 0 Å². The number of alkyl halides is 1. The second-order valence-corrected chi connectivity index (χ2v) is 7.15. The smallest absolute Gasteiger partial charge is 0.138 e. The third-order valence-corrected chi connectivity index (χ3v) is 5.18. The molecule has 3 nitrogen and oxygen atoms in total. The summed E-state index contributed by atoms with van der Waals surface area (Å²) in [5, 5.41) is 5.04. The molecule has 0 saturated heterocycles. The van der Waals surface area contributed by atoms with Gasteiger partial charge in [0, 0.05) is 16.8 Å². The van der Waals surface area contributed by atoms with Crippen LogP contribution < -0.4 is 5.32 Å². The molecule has 1 aliphatic rings. The van der Waals surface area contributed by atoms with E-state index >= 15 is 0 Å². The highest BCUT2D eigenvalue weighted by Crippen LogP contribution is 2.30. The highest BCUT2D eigenvalue weighted by atomic mass is 35.5.